The van der Waals surface area contributed by atoms with Crippen LogP contribution in [-0.4, -0.2) is 53.7 Å². The number of carbonyl (C=O) groups excluding carboxylic acids is 1. The molecule has 2 rings (SSSR count). The lowest BCUT2D eigenvalue weighted by atomic mass is 9.85. The zero-order valence-corrected chi connectivity index (χ0v) is 21.1. The van der Waals surface area contributed by atoms with Crippen molar-refractivity contribution in [2.24, 2.45) is 5.92 Å². The molecule has 2 aromatic rings. The first kappa shape index (κ1) is 27.1. The highest BCUT2D eigenvalue weighted by Gasteiger charge is 2.29. The van der Waals surface area contributed by atoms with Gasteiger partial charge in [-0.25, -0.2) is 0 Å². The largest absolute Gasteiger partial charge is 0.507 e. The van der Waals surface area contributed by atoms with E-state index in [4.69, 9.17) is 28.4 Å². The summed E-state index contributed by atoms with van der Waals surface area (Å²) in [5, 5.41) is 11.4. The summed E-state index contributed by atoms with van der Waals surface area (Å²) in [6, 6.07) is 5.28. The van der Waals surface area contributed by atoms with Gasteiger partial charge in [0.05, 0.1) is 28.4 Å². The van der Waals surface area contributed by atoms with E-state index < -0.39 is 5.92 Å². The van der Waals surface area contributed by atoms with Crippen molar-refractivity contribution in [2.45, 2.75) is 39.0 Å². The number of hydrogen-bond acceptors (Lipinski definition) is 8. The predicted molar refractivity (Wildman–Crippen MR) is 129 cm³/mol. The van der Waals surface area contributed by atoms with E-state index in [9.17, 15) is 9.90 Å². The monoisotopic (exact) mass is 476 g/mol. The van der Waals surface area contributed by atoms with Gasteiger partial charge in [0.15, 0.2) is 18.3 Å². The number of phenols is 1. The highest BCUT2D eigenvalue weighted by atomic mass is 16.7. The third-order valence-electron chi connectivity index (χ3n) is 5.66. The van der Waals surface area contributed by atoms with E-state index in [1.807, 2.05) is 0 Å². The van der Waals surface area contributed by atoms with E-state index in [2.05, 4.69) is 13.8 Å². The van der Waals surface area contributed by atoms with Crippen LogP contribution in [0.5, 0.6) is 34.5 Å². The van der Waals surface area contributed by atoms with Gasteiger partial charge in [-0.1, -0.05) is 13.8 Å². The minimum atomic E-state index is -0.532. The lowest BCUT2D eigenvalue weighted by Crippen LogP contribution is -2.09. The molecule has 0 fully saturated rings. The van der Waals surface area contributed by atoms with Gasteiger partial charge in [0, 0.05) is 36.6 Å². The number of aromatic hydroxyl groups is 1. The second-order valence-corrected chi connectivity index (χ2v) is 8.21. The van der Waals surface area contributed by atoms with Crippen LogP contribution in [-0.2, 0) is 16.0 Å². The Labute approximate surface area is 201 Å². The Balaban J connectivity index is 2.75. The molecule has 188 valence electrons. The smallest absolute Gasteiger partial charge is 0.206 e. The van der Waals surface area contributed by atoms with Crippen molar-refractivity contribution in [3.8, 4) is 34.5 Å². The van der Waals surface area contributed by atoms with Gasteiger partial charge >= 0.3 is 0 Å². The van der Waals surface area contributed by atoms with Crippen LogP contribution in [0.3, 0.4) is 0 Å². The number of phenolic OH excluding ortho intramolecular Hbond substituents is 1. The van der Waals surface area contributed by atoms with Crippen molar-refractivity contribution in [1.82, 2.24) is 0 Å². The van der Waals surface area contributed by atoms with Gasteiger partial charge in [-0.15, -0.1) is 0 Å². The molecule has 8 nitrogen and oxygen atoms in total. The number of benzene rings is 2. The van der Waals surface area contributed by atoms with Crippen molar-refractivity contribution < 1.29 is 38.3 Å². The van der Waals surface area contributed by atoms with Crippen LogP contribution in [0.25, 0.3) is 0 Å². The first-order valence-corrected chi connectivity index (χ1v) is 11.1. The lowest BCUT2D eigenvalue weighted by Gasteiger charge is -2.25. The number of aldehydes is 1. The number of methoxy groups -OCH3 is 5. The fourth-order valence-corrected chi connectivity index (χ4v) is 3.92. The molecule has 1 N–H and O–H groups in total. The van der Waals surface area contributed by atoms with Crippen molar-refractivity contribution in [3.05, 3.63) is 34.9 Å². The molecule has 34 heavy (non-hydrogen) atoms. The van der Waals surface area contributed by atoms with Crippen LogP contribution in [0.15, 0.2) is 18.2 Å². The molecule has 0 radical (unpaired) electrons. The van der Waals surface area contributed by atoms with E-state index in [1.165, 1.54) is 28.4 Å². The summed E-state index contributed by atoms with van der Waals surface area (Å²) < 4.78 is 32.9. The van der Waals surface area contributed by atoms with Gasteiger partial charge in [-0.3, -0.25) is 0 Å². The summed E-state index contributed by atoms with van der Waals surface area (Å²) in [4.78, 5) is 11.8. The summed E-state index contributed by atoms with van der Waals surface area (Å²) in [6.07, 6.45) is 2.40. The standard InChI is InChI=1S/C26H36O8/c1-16(2)8-9-19-20(30-4)14-21(31-5)24(25(19)28)18(10-11-27)17-12-22(32-6)26(34-15-29-3)23(13-17)33-7/h11-14,16,18,28H,8-10,15H2,1-7H3. The van der Waals surface area contributed by atoms with E-state index in [0.29, 0.717) is 57.8 Å². The molecule has 0 saturated heterocycles. The van der Waals surface area contributed by atoms with Gasteiger partial charge in [0.25, 0.3) is 0 Å². The Kier molecular flexibility index (Phi) is 10.3. The third kappa shape index (κ3) is 6.05. The van der Waals surface area contributed by atoms with Gasteiger partial charge in [0.1, 0.15) is 23.5 Å². The van der Waals surface area contributed by atoms with Gasteiger partial charge in [-0.05, 0) is 36.5 Å². The first-order valence-electron chi connectivity index (χ1n) is 11.1. The Morgan fingerprint density at radius 2 is 1.47 bits per heavy atom. The minimum absolute atomic E-state index is 0.0101. The zero-order valence-electron chi connectivity index (χ0n) is 21.1. The lowest BCUT2D eigenvalue weighted by molar-refractivity contribution is -0.108. The van der Waals surface area contributed by atoms with E-state index in [1.54, 1.807) is 25.3 Å². The maximum atomic E-state index is 11.8. The topological polar surface area (TPSA) is 92.7 Å². The number of hydrogen-bond donors (Lipinski definition) is 1. The number of rotatable bonds is 14. The average molecular weight is 477 g/mol. The maximum absolute atomic E-state index is 11.8. The minimum Gasteiger partial charge on any atom is -0.507 e. The molecular weight excluding hydrogens is 440 g/mol. The summed E-state index contributed by atoms with van der Waals surface area (Å²) in [7, 11) is 7.63. The molecule has 0 bridgehead atoms. The summed E-state index contributed by atoms with van der Waals surface area (Å²) in [5.74, 6) is 2.13. The average Bonchev–Trinajstić information content (AvgIpc) is 2.84. The number of carbonyl (C=O) groups is 1. The molecule has 2 aromatic carbocycles. The normalized spacial score (nSPS) is 11.8. The second-order valence-electron chi connectivity index (χ2n) is 8.21. The summed E-state index contributed by atoms with van der Waals surface area (Å²) in [5.41, 5.74) is 1.88. The fraction of sp³-hybridized carbons (Fsp3) is 0.500. The molecule has 0 aliphatic heterocycles. The molecule has 1 unspecified atom stereocenters. The molecule has 0 heterocycles. The van der Waals surface area contributed by atoms with E-state index in [0.717, 1.165) is 12.7 Å². The van der Waals surface area contributed by atoms with Gasteiger partial charge in [0.2, 0.25) is 5.75 Å². The molecule has 0 aliphatic carbocycles. The van der Waals surface area contributed by atoms with Gasteiger partial charge < -0.3 is 38.3 Å². The van der Waals surface area contributed by atoms with Gasteiger partial charge in [-0.2, -0.15) is 0 Å². The maximum Gasteiger partial charge on any atom is 0.206 e. The Bertz CT molecular complexity index is 929. The van der Waals surface area contributed by atoms with Crippen molar-refractivity contribution in [2.75, 3.05) is 42.3 Å². The fourth-order valence-electron chi connectivity index (χ4n) is 3.92. The van der Waals surface area contributed by atoms with Crippen LogP contribution < -0.4 is 23.7 Å². The molecule has 0 aromatic heterocycles. The van der Waals surface area contributed by atoms with Crippen LogP contribution in [0.4, 0.5) is 0 Å². The van der Waals surface area contributed by atoms with Crippen LogP contribution in [0.1, 0.15) is 49.3 Å². The van der Waals surface area contributed by atoms with Crippen molar-refractivity contribution in [1.29, 1.82) is 0 Å². The Morgan fingerprint density at radius 1 is 0.882 bits per heavy atom. The molecule has 8 heteroatoms. The molecule has 0 saturated carbocycles. The Morgan fingerprint density at radius 3 is 1.94 bits per heavy atom. The Hall–Kier alpha value is -3.13. The van der Waals surface area contributed by atoms with Crippen molar-refractivity contribution >= 4 is 6.29 Å². The first-order chi connectivity index (χ1) is 16.4. The molecule has 1 atom stereocenters. The van der Waals surface area contributed by atoms with E-state index in [-0.39, 0.29) is 19.0 Å². The molecule has 0 spiro atoms. The molecule has 0 aliphatic rings. The predicted octanol–water partition coefficient (Wildman–Crippen LogP) is 4.72. The SMILES string of the molecule is COCOc1c(OC)cc(C(CC=O)c2c(OC)cc(OC)c(CCC(C)C)c2O)cc1OC. The zero-order chi connectivity index (χ0) is 25.3. The molecule has 0 amide bonds. The summed E-state index contributed by atoms with van der Waals surface area (Å²) in [6.45, 7) is 4.25. The number of ether oxygens (including phenoxy) is 6. The summed E-state index contributed by atoms with van der Waals surface area (Å²) >= 11 is 0. The highest BCUT2D eigenvalue weighted by Crippen LogP contribution is 2.49. The van der Waals surface area contributed by atoms with Crippen LogP contribution in [0, 0.1) is 5.92 Å². The third-order valence-corrected chi connectivity index (χ3v) is 5.66. The van der Waals surface area contributed by atoms with Crippen molar-refractivity contribution in [3.63, 3.8) is 0 Å². The highest BCUT2D eigenvalue weighted by molar-refractivity contribution is 5.65. The second kappa shape index (κ2) is 12.9. The van der Waals surface area contributed by atoms with E-state index >= 15 is 0 Å². The van der Waals surface area contributed by atoms with Crippen LogP contribution in [0.2, 0.25) is 0 Å². The molecular formula is C26H36O8. The van der Waals surface area contributed by atoms with Crippen LogP contribution >= 0.6 is 0 Å². The quantitative estimate of drug-likeness (QED) is 0.309.